The number of pyridine rings is 1. The molecule has 0 radical (unpaired) electrons. The second-order valence-corrected chi connectivity index (χ2v) is 7.20. The molecule has 6 heteroatoms. The molecule has 5 nitrogen and oxygen atoms in total. The highest BCUT2D eigenvalue weighted by Gasteiger charge is 2.30. The lowest BCUT2D eigenvalue weighted by molar-refractivity contribution is 0.136. The topological polar surface area (TPSA) is 54.5 Å². The molecule has 134 valence electrons. The first kappa shape index (κ1) is 18.0. The number of benzene rings is 1. The fraction of sp³-hybridized carbons (Fsp3) is 0.474. The molecule has 1 aliphatic heterocycles. The van der Waals surface area contributed by atoms with E-state index in [2.05, 4.69) is 10.3 Å². The van der Waals surface area contributed by atoms with Crippen molar-refractivity contribution in [2.24, 2.45) is 5.92 Å². The van der Waals surface area contributed by atoms with Gasteiger partial charge in [-0.2, -0.15) is 0 Å². The molecule has 1 amide bonds. The summed E-state index contributed by atoms with van der Waals surface area (Å²) < 4.78 is 5.55. The van der Waals surface area contributed by atoms with E-state index in [0.717, 1.165) is 36.7 Å². The molecule has 1 fully saturated rings. The highest BCUT2D eigenvalue weighted by atomic mass is 35.5. The van der Waals surface area contributed by atoms with Crippen LogP contribution in [0.1, 0.15) is 26.7 Å². The van der Waals surface area contributed by atoms with Gasteiger partial charge in [-0.1, -0.05) is 49.7 Å². The highest BCUT2D eigenvalue weighted by Crippen LogP contribution is 2.31. The van der Waals surface area contributed by atoms with Gasteiger partial charge in [-0.25, -0.2) is 9.78 Å². The predicted octanol–water partition coefficient (Wildman–Crippen LogP) is 4.24. The smallest absolute Gasteiger partial charge is 0.415 e. The molecule has 1 N–H and O–H groups in total. The lowest BCUT2D eigenvalue weighted by Gasteiger charge is -2.34. The fourth-order valence-electron chi connectivity index (χ4n) is 3.11. The van der Waals surface area contributed by atoms with Crippen molar-refractivity contribution in [1.29, 1.82) is 0 Å². The Labute approximate surface area is 153 Å². The van der Waals surface area contributed by atoms with E-state index >= 15 is 0 Å². The van der Waals surface area contributed by atoms with E-state index in [0.29, 0.717) is 17.6 Å². The molecule has 0 unspecified atom stereocenters. The van der Waals surface area contributed by atoms with E-state index in [4.69, 9.17) is 16.3 Å². The van der Waals surface area contributed by atoms with Gasteiger partial charge in [0.15, 0.2) is 0 Å². The van der Waals surface area contributed by atoms with E-state index in [1.807, 2.05) is 44.2 Å². The van der Waals surface area contributed by atoms with Gasteiger partial charge in [-0.05, 0) is 43.3 Å². The van der Waals surface area contributed by atoms with E-state index < -0.39 is 0 Å². The number of halogens is 1. The van der Waals surface area contributed by atoms with Crippen molar-refractivity contribution >= 4 is 34.3 Å². The first-order chi connectivity index (χ1) is 12.1. The molecule has 1 aliphatic rings. The molecule has 2 aromatic rings. The van der Waals surface area contributed by atoms with Crippen LogP contribution in [0.4, 0.5) is 10.6 Å². The van der Waals surface area contributed by atoms with Crippen LogP contribution in [0.2, 0.25) is 5.15 Å². The van der Waals surface area contributed by atoms with Crippen molar-refractivity contribution in [3.63, 3.8) is 0 Å². The summed E-state index contributed by atoms with van der Waals surface area (Å²) in [5.41, 5.74) is 0. The van der Waals surface area contributed by atoms with Gasteiger partial charge in [0.1, 0.15) is 11.0 Å². The summed E-state index contributed by atoms with van der Waals surface area (Å²) in [6.07, 6.45) is 1.37. The van der Waals surface area contributed by atoms with Gasteiger partial charge >= 0.3 is 6.09 Å². The second kappa shape index (κ2) is 8.02. The minimum atomic E-state index is -0.347. The summed E-state index contributed by atoms with van der Waals surface area (Å²) >= 11 is 6.24. The Morgan fingerprint density at radius 1 is 1.36 bits per heavy atom. The predicted molar refractivity (Wildman–Crippen MR) is 101 cm³/mol. The number of aromatic nitrogens is 1. The number of nitrogens with zero attached hydrogens (tertiary/aromatic N) is 2. The maximum absolute atomic E-state index is 12.9. The Bertz CT molecular complexity index is 745. The Morgan fingerprint density at radius 3 is 2.80 bits per heavy atom. The maximum atomic E-state index is 12.9. The largest absolute Gasteiger partial charge is 0.449 e. The molecule has 0 spiro atoms. The normalized spacial score (nSPS) is 15.5. The van der Waals surface area contributed by atoms with Crippen LogP contribution in [0.15, 0.2) is 30.3 Å². The number of carbonyl (C=O) groups excluding carboxylic acids is 1. The Morgan fingerprint density at radius 2 is 2.08 bits per heavy atom. The molecule has 1 aromatic carbocycles. The number of ether oxygens (including phenoxy) is 1. The number of rotatable bonds is 4. The van der Waals surface area contributed by atoms with Crippen LogP contribution in [-0.2, 0) is 4.74 Å². The van der Waals surface area contributed by atoms with Gasteiger partial charge in [0.25, 0.3) is 0 Å². The van der Waals surface area contributed by atoms with Gasteiger partial charge in [0.2, 0.25) is 0 Å². The van der Waals surface area contributed by atoms with Crippen molar-refractivity contribution in [2.45, 2.75) is 32.7 Å². The molecule has 0 saturated carbocycles. The monoisotopic (exact) mass is 361 g/mol. The van der Waals surface area contributed by atoms with E-state index in [1.54, 1.807) is 4.90 Å². The van der Waals surface area contributed by atoms with Gasteiger partial charge in [-0.3, -0.25) is 4.90 Å². The number of nitrogens with one attached hydrogen (secondary N) is 1. The number of carbonyl (C=O) groups is 1. The van der Waals surface area contributed by atoms with Crippen LogP contribution in [-0.4, -0.2) is 36.8 Å². The van der Waals surface area contributed by atoms with Crippen LogP contribution in [0.5, 0.6) is 0 Å². The molecule has 2 heterocycles. The minimum Gasteiger partial charge on any atom is -0.449 e. The lowest BCUT2D eigenvalue weighted by atomic mass is 10.0. The first-order valence-corrected chi connectivity index (χ1v) is 9.16. The number of hydrogen-bond acceptors (Lipinski definition) is 4. The maximum Gasteiger partial charge on any atom is 0.415 e. The van der Waals surface area contributed by atoms with Crippen molar-refractivity contribution in [3.8, 4) is 0 Å². The Hall–Kier alpha value is -1.85. The Balaban J connectivity index is 2.03. The summed E-state index contributed by atoms with van der Waals surface area (Å²) in [7, 11) is 0. The second-order valence-electron chi connectivity index (χ2n) is 6.81. The third-order valence-corrected chi connectivity index (χ3v) is 4.52. The molecule has 0 aliphatic carbocycles. The van der Waals surface area contributed by atoms with E-state index in [-0.39, 0.29) is 18.1 Å². The number of anilines is 1. The minimum absolute atomic E-state index is 0.0512. The third kappa shape index (κ3) is 4.22. The number of hydrogen-bond donors (Lipinski definition) is 1. The zero-order chi connectivity index (χ0) is 17.8. The van der Waals surface area contributed by atoms with Crippen LogP contribution < -0.4 is 10.2 Å². The van der Waals surface area contributed by atoms with Gasteiger partial charge in [0.05, 0.1) is 6.61 Å². The number of fused-ring (bicyclic) bond motifs is 1. The van der Waals surface area contributed by atoms with Crippen molar-refractivity contribution < 1.29 is 9.53 Å². The lowest BCUT2D eigenvalue weighted by Crippen LogP contribution is -2.47. The summed E-state index contributed by atoms with van der Waals surface area (Å²) in [6, 6.07) is 9.72. The van der Waals surface area contributed by atoms with Crippen LogP contribution in [0, 0.1) is 5.92 Å². The molecule has 1 aromatic heterocycles. The van der Waals surface area contributed by atoms with Gasteiger partial charge in [0, 0.05) is 11.4 Å². The van der Waals surface area contributed by atoms with Gasteiger partial charge < -0.3 is 10.1 Å². The summed E-state index contributed by atoms with van der Waals surface area (Å²) in [5.74, 6) is 0.867. The highest BCUT2D eigenvalue weighted by molar-refractivity contribution is 6.30. The zero-order valence-electron chi connectivity index (χ0n) is 14.7. The van der Waals surface area contributed by atoms with Crippen LogP contribution >= 0.6 is 11.6 Å². The van der Waals surface area contributed by atoms with Gasteiger partial charge in [-0.15, -0.1) is 0 Å². The summed E-state index contributed by atoms with van der Waals surface area (Å²) in [4.78, 5) is 19.1. The van der Waals surface area contributed by atoms with Crippen molar-refractivity contribution in [1.82, 2.24) is 10.3 Å². The van der Waals surface area contributed by atoms with E-state index in [9.17, 15) is 4.79 Å². The Kier molecular flexibility index (Phi) is 5.76. The average molecular weight is 362 g/mol. The van der Waals surface area contributed by atoms with Crippen molar-refractivity contribution in [2.75, 3.05) is 24.6 Å². The molecule has 0 atom stereocenters. The quantitative estimate of drug-likeness (QED) is 0.827. The first-order valence-electron chi connectivity index (χ1n) is 8.78. The van der Waals surface area contributed by atoms with E-state index in [1.165, 1.54) is 0 Å². The number of piperidine rings is 1. The van der Waals surface area contributed by atoms with Crippen LogP contribution in [0.25, 0.3) is 10.8 Å². The third-order valence-electron chi connectivity index (χ3n) is 4.33. The SMILES string of the molecule is CC(C)COC(=O)N(c1nc(Cl)cc2ccccc12)C1CCNCC1. The van der Waals surface area contributed by atoms with Crippen LogP contribution in [0.3, 0.4) is 0 Å². The zero-order valence-corrected chi connectivity index (χ0v) is 15.4. The molecule has 0 bridgehead atoms. The average Bonchev–Trinajstić information content (AvgIpc) is 2.61. The van der Waals surface area contributed by atoms with Crippen molar-refractivity contribution in [3.05, 3.63) is 35.5 Å². The summed E-state index contributed by atoms with van der Waals surface area (Å²) in [5, 5.41) is 5.59. The summed E-state index contributed by atoms with van der Waals surface area (Å²) in [6.45, 7) is 6.18. The standard InChI is InChI=1S/C19H24ClN3O2/c1-13(2)12-25-19(24)23(15-7-9-21-10-8-15)18-16-6-4-3-5-14(16)11-17(20)22-18/h3-6,11,13,15,21H,7-10,12H2,1-2H3. The molecule has 1 saturated heterocycles. The molecular formula is C19H24ClN3O2. The molecule has 3 rings (SSSR count). The molecule has 25 heavy (non-hydrogen) atoms. The number of amides is 1. The molecular weight excluding hydrogens is 338 g/mol. The fourth-order valence-corrected chi connectivity index (χ4v) is 3.31.